The molecule has 0 aliphatic heterocycles. The Morgan fingerprint density at radius 3 is 1.71 bits per heavy atom. The summed E-state index contributed by atoms with van der Waals surface area (Å²) < 4.78 is 6.58. The number of furan rings is 1. The van der Waals surface area contributed by atoms with Crippen LogP contribution in [0.25, 0.3) is 88.0 Å². The first-order chi connectivity index (χ1) is 28.8. The molecule has 10 aromatic carbocycles. The number of para-hydroxylation sites is 2. The average molecular weight is 740 g/mol. The van der Waals surface area contributed by atoms with E-state index in [0.29, 0.717) is 0 Å². The first kappa shape index (κ1) is 33.6. The van der Waals surface area contributed by atoms with Gasteiger partial charge < -0.3 is 9.32 Å². The summed E-state index contributed by atoms with van der Waals surface area (Å²) in [4.78, 5) is 2.42. The molecule has 0 N–H and O–H groups in total. The van der Waals surface area contributed by atoms with Gasteiger partial charge in [0.25, 0.3) is 0 Å². The number of benzene rings is 10. The zero-order valence-electron chi connectivity index (χ0n) is 31.7. The Labute approximate surface area is 337 Å². The predicted molar refractivity (Wildman–Crippen MR) is 245 cm³/mol. The topological polar surface area (TPSA) is 16.4 Å². The van der Waals surface area contributed by atoms with Crippen LogP contribution in [-0.2, 0) is 0 Å². The van der Waals surface area contributed by atoms with Gasteiger partial charge in [0.05, 0.1) is 5.69 Å². The van der Waals surface area contributed by atoms with Crippen LogP contribution in [0.4, 0.5) is 17.1 Å². The van der Waals surface area contributed by atoms with Crippen LogP contribution < -0.4 is 4.90 Å². The third-order valence-corrected chi connectivity index (χ3v) is 11.5. The molecule has 2 heteroatoms. The molecule has 11 aromatic rings. The molecule has 0 amide bonds. The van der Waals surface area contributed by atoms with E-state index in [1.54, 1.807) is 0 Å². The molecular weight excluding hydrogens is 703 g/mol. The maximum atomic E-state index is 6.58. The Bertz CT molecular complexity index is 3270. The van der Waals surface area contributed by atoms with Gasteiger partial charge in [-0.15, -0.1) is 0 Å². The van der Waals surface area contributed by atoms with Crippen LogP contribution in [0, 0.1) is 0 Å². The van der Waals surface area contributed by atoms with Crippen LogP contribution in [0.5, 0.6) is 0 Å². The van der Waals surface area contributed by atoms with E-state index in [2.05, 4.69) is 223 Å². The molecular formula is C56H37NO. The lowest BCUT2D eigenvalue weighted by atomic mass is 9.92. The van der Waals surface area contributed by atoms with E-state index < -0.39 is 0 Å². The van der Waals surface area contributed by atoms with Gasteiger partial charge in [0, 0.05) is 27.7 Å². The summed E-state index contributed by atoms with van der Waals surface area (Å²) >= 11 is 0. The normalized spacial score (nSPS) is 11.4. The molecule has 1 aromatic heterocycles. The van der Waals surface area contributed by atoms with Crippen LogP contribution >= 0.6 is 0 Å². The number of anilines is 3. The van der Waals surface area contributed by atoms with Crippen LogP contribution in [0.1, 0.15) is 0 Å². The summed E-state index contributed by atoms with van der Waals surface area (Å²) in [5.74, 6) is 0. The fraction of sp³-hybridized carbons (Fsp3) is 0. The Morgan fingerprint density at radius 1 is 0.293 bits per heavy atom. The van der Waals surface area contributed by atoms with Crippen molar-refractivity contribution in [3.05, 3.63) is 224 Å². The van der Waals surface area contributed by atoms with Crippen molar-refractivity contribution < 1.29 is 4.42 Å². The van der Waals surface area contributed by atoms with E-state index in [-0.39, 0.29) is 0 Å². The van der Waals surface area contributed by atoms with Crippen molar-refractivity contribution in [2.75, 3.05) is 4.90 Å². The number of rotatable bonds is 7. The number of hydrogen-bond acceptors (Lipinski definition) is 2. The molecule has 0 fully saturated rings. The summed E-state index contributed by atoms with van der Waals surface area (Å²) in [6, 6.07) is 80.7. The van der Waals surface area contributed by atoms with Crippen molar-refractivity contribution in [2.45, 2.75) is 0 Å². The number of hydrogen-bond donors (Lipinski definition) is 0. The van der Waals surface area contributed by atoms with Crippen molar-refractivity contribution in [2.24, 2.45) is 0 Å². The molecule has 0 atom stereocenters. The predicted octanol–water partition coefficient (Wildman–Crippen LogP) is 16.0. The molecule has 0 aliphatic carbocycles. The fourth-order valence-electron chi connectivity index (χ4n) is 8.71. The van der Waals surface area contributed by atoms with Gasteiger partial charge >= 0.3 is 0 Å². The van der Waals surface area contributed by atoms with E-state index in [4.69, 9.17) is 4.42 Å². The summed E-state index contributed by atoms with van der Waals surface area (Å²) in [5.41, 5.74) is 14.4. The smallest absolute Gasteiger partial charge is 0.136 e. The highest BCUT2D eigenvalue weighted by Gasteiger charge is 2.22. The third kappa shape index (κ3) is 5.82. The minimum Gasteiger partial charge on any atom is -0.456 e. The average Bonchev–Trinajstić information content (AvgIpc) is 3.68. The molecule has 0 unspecified atom stereocenters. The van der Waals surface area contributed by atoms with Crippen molar-refractivity contribution in [3.63, 3.8) is 0 Å². The highest BCUT2D eigenvalue weighted by atomic mass is 16.3. The van der Waals surface area contributed by atoms with Gasteiger partial charge in [-0.1, -0.05) is 176 Å². The lowest BCUT2D eigenvalue weighted by Crippen LogP contribution is -2.11. The van der Waals surface area contributed by atoms with E-state index >= 15 is 0 Å². The Kier molecular flexibility index (Phi) is 8.19. The lowest BCUT2D eigenvalue weighted by molar-refractivity contribution is 0.669. The second-order valence-electron chi connectivity index (χ2n) is 14.9. The number of nitrogens with zero attached hydrogens (tertiary/aromatic N) is 1. The second kappa shape index (κ2) is 14.1. The molecule has 58 heavy (non-hydrogen) atoms. The molecule has 0 saturated carbocycles. The van der Waals surface area contributed by atoms with Crippen LogP contribution in [0.3, 0.4) is 0 Å². The summed E-state index contributed by atoms with van der Waals surface area (Å²) in [6.45, 7) is 0. The van der Waals surface area contributed by atoms with Gasteiger partial charge in [-0.3, -0.25) is 0 Å². The van der Waals surface area contributed by atoms with Gasteiger partial charge in [-0.05, 0) is 109 Å². The zero-order valence-corrected chi connectivity index (χ0v) is 31.7. The van der Waals surface area contributed by atoms with E-state index in [1.165, 1.54) is 44.0 Å². The minimum atomic E-state index is 0.890. The van der Waals surface area contributed by atoms with Crippen LogP contribution in [0.15, 0.2) is 229 Å². The van der Waals surface area contributed by atoms with Gasteiger partial charge in [0.2, 0.25) is 0 Å². The highest BCUT2D eigenvalue weighted by Crippen LogP contribution is 2.47. The second-order valence-corrected chi connectivity index (χ2v) is 14.9. The molecule has 2 nitrogen and oxygen atoms in total. The third-order valence-electron chi connectivity index (χ3n) is 11.5. The van der Waals surface area contributed by atoms with Crippen LogP contribution in [-0.4, -0.2) is 0 Å². The first-order valence-corrected chi connectivity index (χ1v) is 19.8. The van der Waals surface area contributed by atoms with Gasteiger partial charge in [0.1, 0.15) is 11.2 Å². The lowest BCUT2D eigenvalue weighted by Gasteiger charge is -2.29. The Balaban J connectivity index is 1.18. The van der Waals surface area contributed by atoms with Gasteiger partial charge in [-0.2, -0.15) is 0 Å². The fourth-order valence-corrected chi connectivity index (χ4v) is 8.71. The Hall–Kier alpha value is -7.68. The maximum Gasteiger partial charge on any atom is 0.136 e. The van der Waals surface area contributed by atoms with Crippen molar-refractivity contribution in [1.29, 1.82) is 0 Å². The van der Waals surface area contributed by atoms with E-state index in [0.717, 1.165) is 61.1 Å². The Morgan fingerprint density at radius 2 is 0.897 bits per heavy atom. The SMILES string of the molecule is c1ccc(-c2ccc(N(c3ccc4c(c3)c(-c3ccc5ccccc5c3)cc3oc5ccccc5c34)c3ccccc3-c3ccccc3-c3ccccc3)cc2)cc1. The minimum absolute atomic E-state index is 0.890. The van der Waals surface area contributed by atoms with Crippen molar-refractivity contribution in [1.82, 2.24) is 0 Å². The van der Waals surface area contributed by atoms with Crippen molar-refractivity contribution >= 4 is 60.5 Å². The standard InChI is InChI=1S/C56H37NO/c1-3-15-38(16-4-1)40-29-31-44(32-30-40)57(53-25-13-11-23-48(53)47-22-10-9-21-46(47)41-18-5-2-6-19-41)45-33-34-49-52(36-45)51(43-28-27-39-17-7-8-20-42(39)35-43)37-55-56(49)50-24-12-14-26-54(50)58-55/h1-37H. The molecule has 0 bridgehead atoms. The first-order valence-electron chi connectivity index (χ1n) is 19.8. The maximum absolute atomic E-state index is 6.58. The highest BCUT2D eigenvalue weighted by molar-refractivity contribution is 6.23. The zero-order chi connectivity index (χ0) is 38.4. The quantitative estimate of drug-likeness (QED) is 0.162. The van der Waals surface area contributed by atoms with E-state index in [9.17, 15) is 0 Å². The molecule has 11 rings (SSSR count). The molecule has 272 valence electrons. The summed E-state index contributed by atoms with van der Waals surface area (Å²) in [7, 11) is 0. The molecule has 0 aliphatic rings. The molecule has 0 spiro atoms. The molecule has 0 radical (unpaired) electrons. The van der Waals surface area contributed by atoms with Crippen LogP contribution in [0.2, 0.25) is 0 Å². The molecule has 1 heterocycles. The van der Waals surface area contributed by atoms with Gasteiger partial charge in [-0.25, -0.2) is 0 Å². The largest absolute Gasteiger partial charge is 0.456 e. The van der Waals surface area contributed by atoms with E-state index in [1.807, 2.05) is 6.07 Å². The molecule has 0 saturated heterocycles. The summed E-state index contributed by atoms with van der Waals surface area (Å²) in [5, 5.41) is 7.02. The monoisotopic (exact) mass is 739 g/mol. The van der Waals surface area contributed by atoms with Gasteiger partial charge in [0.15, 0.2) is 0 Å². The van der Waals surface area contributed by atoms with Crippen molar-refractivity contribution in [3.8, 4) is 44.5 Å². The summed E-state index contributed by atoms with van der Waals surface area (Å²) in [6.07, 6.45) is 0. The number of fused-ring (bicyclic) bond motifs is 6.